The van der Waals surface area contributed by atoms with Crippen LogP contribution in [-0.2, 0) is 6.42 Å². The van der Waals surface area contributed by atoms with E-state index in [1.807, 2.05) is 12.1 Å². The molecule has 0 saturated heterocycles. The molecule has 2 aliphatic rings. The highest BCUT2D eigenvalue weighted by Gasteiger charge is 2.30. The van der Waals surface area contributed by atoms with Crippen molar-refractivity contribution < 1.29 is 4.39 Å². The van der Waals surface area contributed by atoms with Crippen LogP contribution in [0.3, 0.4) is 0 Å². The molecular weight excluding hydrogens is 391 g/mol. The van der Waals surface area contributed by atoms with Crippen LogP contribution in [0.4, 0.5) is 4.39 Å². The van der Waals surface area contributed by atoms with E-state index in [1.54, 1.807) is 6.07 Å². The average Bonchev–Trinajstić information content (AvgIpc) is 2.83. The van der Waals surface area contributed by atoms with Crippen molar-refractivity contribution in [3.63, 3.8) is 0 Å². The predicted molar refractivity (Wildman–Crippen MR) is 136 cm³/mol. The van der Waals surface area contributed by atoms with E-state index < -0.39 is 0 Å². The summed E-state index contributed by atoms with van der Waals surface area (Å²) in [6.45, 7) is 4.45. The minimum Gasteiger partial charge on any atom is -0.207 e. The van der Waals surface area contributed by atoms with E-state index in [0.717, 1.165) is 48.1 Å². The van der Waals surface area contributed by atoms with Gasteiger partial charge in [0.15, 0.2) is 0 Å². The monoisotopic (exact) mass is 438 g/mol. The molecule has 1 aromatic carbocycles. The van der Waals surface area contributed by atoms with Crippen LogP contribution in [-0.4, -0.2) is 0 Å². The second kappa shape index (κ2) is 14.1. The van der Waals surface area contributed by atoms with Gasteiger partial charge in [-0.15, -0.1) is 0 Å². The number of aryl methyl sites for hydroxylation is 1. The van der Waals surface area contributed by atoms with E-state index in [-0.39, 0.29) is 5.82 Å². The molecule has 0 nitrogen and oxygen atoms in total. The zero-order valence-corrected chi connectivity index (χ0v) is 20.9. The topological polar surface area (TPSA) is 0 Å². The Morgan fingerprint density at radius 3 is 2.09 bits per heavy atom. The van der Waals surface area contributed by atoms with Crippen molar-refractivity contribution in [2.45, 2.75) is 123 Å². The molecule has 2 fully saturated rings. The van der Waals surface area contributed by atoms with Gasteiger partial charge in [-0.2, -0.15) is 0 Å². The molecule has 0 radical (unpaired) electrons. The van der Waals surface area contributed by atoms with Gasteiger partial charge in [0.2, 0.25) is 0 Å². The number of hydrogen-bond acceptors (Lipinski definition) is 0. The van der Waals surface area contributed by atoms with Crippen LogP contribution in [0.25, 0.3) is 0 Å². The number of hydrogen-bond donors (Lipinski definition) is 0. The third kappa shape index (κ3) is 8.24. The smallest absolute Gasteiger partial charge is 0.127 e. The summed E-state index contributed by atoms with van der Waals surface area (Å²) in [7, 11) is 0. The zero-order valence-electron chi connectivity index (χ0n) is 20.9. The van der Waals surface area contributed by atoms with Crippen molar-refractivity contribution >= 4 is 0 Å². The van der Waals surface area contributed by atoms with Crippen LogP contribution in [0, 0.1) is 41.3 Å². The molecule has 0 aliphatic heterocycles. The van der Waals surface area contributed by atoms with Gasteiger partial charge in [-0.05, 0) is 86.8 Å². The molecule has 0 N–H and O–H groups in total. The Balaban J connectivity index is 1.36. The summed E-state index contributed by atoms with van der Waals surface area (Å²) < 4.78 is 14.3. The second-order valence-electron chi connectivity index (χ2n) is 10.8. The van der Waals surface area contributed by atoms with E-state index in [1.165, 1.54) is 89.9 Å². The summed E-state index contributed by atoms with van der Waals surface area (Å²) in [6.07, 6.45) is 22.7. The third-order valence-electron chi connectivity index (χ3n) is 8.32. The third-order valence-corrected chi connectivity index (χ3v) is 8.32. The second-order valence-corrected chi connectivity index (χ2v) is 10.8. The lowest BCUT2D eigenvalue weighted by molar-refractivity contribution is 0.153. The van der Waals surface area contributed by atoms with Gasteiger partial charge < -0.3 is 0 Å². The number of unbranched alkanes of at least 4 members (excludes halogenated alkanes) is 5. The first-order valence-electron chi connectivity index (χ1n) is 14.0. The molecule has 178 valence electrons. The van der Waals surface area contributed by atoms with Gasteiger partial charge in [0.1, 0.15) is 5.82 Å². The maximum atomic E-state index is 14.3. The number of halogens is 1. The van der Waals surface area contributed by atoms with Gasteiger partial charge in [-0.25, -0.2) is 4.39 Å². The number of rotatable bonds is 10. The van der Waals surface area contributed by atoms with E-state index in [0.29, 0.717) is 5.92 Å². The van der Waals surface area contributed by atoms with Crippen LogP contribution in [0.2, 0.25) is 0 Å². The first kappa shape index (κ1) is 25.3. The quantitative estimate of drug-likeness (QED) is 0.252. The molecule has 0 atom stereocenters. The molecule has 0 bridgehead atoms. The highest BCUT2D eigenvalue weighted by atomic mass is 19.1. The fraction of sp³-hybridized carbons (Fsp3) is 0.742. The van der Waals surface area contributed by atoms with Gasteiger partial charge in [0, 0.05) is 11.5 Å². The van der Waals surface area contributed by atoms with E-state index in [2.05, 4.69) is 25.7 Å². The first-order chi connectivity index (χ1) is 15.7. The summed E-state index contributed by atoms with van der Waals surface area (Å²) in [6, 6.07) is 5.59. The molecule has 0 heterocycles. The van der Waals surface area contributed by atoms with E-state index in [9.17, 15) is 4.39 Å². The lowest BCUT2D eigenvalue weighted by Gasteiger charge is -2.37. The molecule has 1 aromatic rings. The highest BCUT2D eigenvalue weighted by Crippen LogP contribution is 2.42. The van der Waals surface area contributed by atoms with Crippen LogP contribution in [0.15, 0.2) is 18.2 Å². The van der Waals surface area contributed by atoms with Crippen LogP contribution in [0.1, 0.15) is 128 Å². The number of benzene rings is 1. The van der Waals surface area contributed by atoms with Crippen molar-refractivity contribution in [2.75, 3.05) is 0 Å². The van der Waals surface area contributed by atoms with Gasteiger partial charge in [-0.1, -0.05) is 89.5 Å². The average molecular weight is 439 g/mol. The molecule has 0 spiro atoms. The summed E-state index contributed by atoms with van der Waals surface area (Å²) in [5, 5.41) is 0. The molecule has 0 unspecified atom stereocenters. The maximum Gasteiger partial charge on any atom is 0.127 e. The highest BCUT2D eigenvalue weighted by molar-refractivity contribution is 5.37. The predicted octanol–water partition coefficient (Wildman–Crippen LogP) is 9.49. The maximum absolute atomic E-state index is 14.3. The Kier molecular flexibility index (Phi) is 11.1. The standard InChI is InChI=1S/C31H47F/c1-3-5-7-8-9-10-25-14-19-28(20-15-25)29-21-16-26(17-22-29)12-13-27-18-23-30(11-6-4-2)31(32)24-27/h18,23-26,28-29H,3-11,14-17,19-22H2,1-2H3. The Morgan fingerprint density at radius 1 is 0.781 bits per heavy atom. The summed E-state index contributed by atoms with van der Waals surface area (Å²) in [5.41, 5.74) is 1.68. The van der Waals surface area contributed by atoms with Gasteiger partial charge >= 0.3 is 0 Å². The van der Waals surface area contributed by atoms with Gasteiger partial charge in [-0.3, -0.25) is 0 Å². The molecule has 0 aromatic heterocycles. The van der Waals surface area contributed by atoms with E-state index >= 15 is 0 Å². The fourth-order valence-electron chi connectivity index (χ4n) is 6.10. The molecule has 3 rings (SSSR count). The molecule has 2 saturated carbocycles. The van der Waals surface area contributed by atoms with Gasteiger partial charge in [0.05, 0.1) is 0 Å². The van der Waals surface area contributed by atoms with Crippen LogP contribution in [0.5, 0.6) is 0 Å². The van der Waals surface area contributed by atoms with Crippen molar-refractivity contribution in [2.24, 2.45) is 23.7 Å². The Labute approximate surface area is 198 Å². The van der Waals surface area contributed by atoms with Crippen molar-refractivity contribution in [3.8, 4) is 11.8 Å². The molecule has 2 aliphatic carbocycles. The Morgan fingerprint density at radius 2 is 1.44 bits per heavy atom. The SMILES string of the molecule is CCCCCCCC1CCC(C2CCC(C#Cc3ccc(CCCC)c(F)c3)CC2)CC1. The first-order valence-corrected chi connectivity index (χ1v) is 14.0. The fourth-order valence-corrected chi connectivity index (χ4v) is 6.10. The van der Waals surface area contributed by atoms with Crippen LogP contribution >= 0.6 is 0 Å². The van der Waals surface area contributed by atoms with Crippen molar-refractivity contribution in [3.05, 3.63) is 35.1 Å². The van der Waals surface area contributed by atoms with Gasteiger partial charge in [0.25, 0.3) is 0 Å². The van der Waals surface area contributed by atoms with Crippen molar-refractivity contribution in [1.29, 1.82) is 0 Å². The molecule has 0 amide bonds. The largest absolute Gasteiger partial charge is 0.207 e. The lowest BCUT2D eigenvalue weighted by atomic mass is 9.69. The van der Waals surface area contributed by atoms with E-state index in [4.69, 9.17) is 0 Å². The molecule has 32 heavy (non-hydrogen) atoms. The lowest BCUT2D eigenvalue weighted by Crippen LogP contribution is -2.25. The molecular formula is C31H47F. The minimum atomic E-state index is -0.0782. The summed E-state index contributed by atoms with van der Waals surface area (Å²) in [4.78, 5) is 0. The summed E-state index contributed by atoms with van der Waals surface area (Å²) in [5.74, 6) is 10.1. The van der Waals surface area contributed by atoms with Crippen LogP contribution < -0.4 is 0 Å². The normalized spacial score (nSPS) is 25.8. The Hall–Kier alpha value is -1.29. The minimum absolute atomic E-state index is 0.0782. The van der Waals surface area contributed by atoms with Crippen molar-refractivity contribution in [1.82, 2.24) is 0 Å². The molecule has 1 heteroatoms. The Bertz CT molecular complexity index is 708. The summed E-state index contributed by atoms with van der Waals surface area (Å²) >= 11 is 0. The zero-order chi connectivity index (χ0) is 22.6.